The van der Waals surface area contributed by atoms with Gasteiger partial charge in [-0.2, -0.15) is 0 Å². The maximum atomic E-state index is 12.7. The van der Waals surface area contributed by atoms with Crippen molar-refractivity contribution in [1.29, 1.82) is 0 Å². The molecular weight excluding hydrogens is 246 g/mol. The normalized spacial score (nSPS) is 21.7. The number of benzene rings is 1. The fourth-order valence-electron chi connectivity index (χ4n) is 3.15. The smallest absolute Gasteiger partial charge is 0.233 e. The summed E-state index contributed by atoms with van der Waals surface area (Å²) in [6.07, 6.45) is 5.45. The van der Waals surface area contributed by atoms with E-state index < -0.39 is 0 Å². The number of rotatable bonds is 2. The molecule has 1 aliphatic heterocycles. The van der Waals surface area contributed by atoms with Crippen LogP contribution >= 0.6 is 11.6 Å². The molecule has 1 aromatic carbocycles. The molecule has 1 heterocycles. The number of hydrogen-bond donors (Lipinski definition) is 0. The minimum absolute atomic E-state index is 0.241. The third-order valence-electron chi connectivity index (χ3n) is 4.41. The predicted molar refractivity (Wildman–Crippen MR) is 72.8 cm³/mol. The Balaban J connectivity index is 1.89. The third-order valence-corrected chi connectivity index (χ3v) is 4.66. The topological polar surface area (TPSA) is 20.3 Å². The SMILES string of the molecule is O=C(N1CCCC1)C1(c2ccc(Cl)cc2)CCC1. The zero-order chi connectivity index (χ0) is 12.6. The zero-order valence-corrected chi connectivity index (χ0v) is 11.2. The molecule has 1 aliphatic carbocycles. The molecule has 0 spiro atoms. The average molecular weight is 264 g/mol. The van der Waals surface area contributed by atoms with Crippen molar-refractivity contribution in [3.63, 3.8) is 0 Å². The largest absolute Gasteiger partial charge is 0.342 e. The Kier molecular flexibility index (Phi) is 3.06. The fourth-order valence-corrected chi connectivity index (χ4v) is 3.27. The van der Waals surface area contributed by atoms with Gasteiger partial charge < -0.3 is 4.90 Å². The number of nitrogens with zero attached hydrogens (tertiary/aromatic N) is 1. The molecule has 0 unspecified atom stereocenters. The molecule has 0 aromatic heterocycles. The Morgan fingerprint density at radius 1 is 1.06 bits per heavy atom. The monoisotopic (exact) mass is 263 g/mol. The lowest BCUT2D eigenvalue weighted by molar-refractivity contribution is -0.139. The number of halogens is 1. The molecule has 96 valence electrons. The lowest BCUT2D eigenvalue weighted by Crippen LogP contribution is -2.50. The van der Waals surface area contributed by atoms with Gasteiger partial charge in [0.1, 0.15) is 0 Å². The Morgan fingerprint density at radius 3 is 2.17 bits per heavy atom. The van der Waals surface area contributed by atoms with E-state index in [0.29, 0.717) is 5.91 Å². The molecule has 3 heteroatoms. The van der Waals surface area contributed by atoms with Crippen molar-refractivity contribution < 1.29 is 4.79 Å². The van der Waals surface area contributed by atoms with Gasteiger partial charge in [0, 0.05) is 18.1 Å². The number of carbonyl (C=O) groups is 1. The molecule has 1 saturated heterocycles. The van der Waals surface area contributed by atoms with Crippen molar-refractivity contribution in [2.45, 2.75) is 37.5 Å². The van der Waals surface area contributed by atoms with Gasteiger partial charge in [-0.05, 0) is 43.4 Å². The minimum atomic E-state index is -0.241. The molecule has 18 heavy (non-hydrogen) atoms. The second-order valence-corrected chi connectivity index (χ2v) is 5.88. The first-order chi connectivity index (χ1) is 8.72. The molecule has 2 nitrogen and oxygen atoms in total. The fraction of sp³-hybridized carbons (Fsp3) is 0.533. The van der Waals surface area contributed by atoms with E-state index in [0.717, 1.165) is 55.8 Å². The second kappa shape index (κ2) is 4.58. The number of likely N-dealkylation sites (tertiary alicyclic amines) is 1. The average Bonchev–Trinajstić information content (AvgIpc) is 2.83. The summed E-state index contributed by atoms with van der Waals surface area (Å²) in [6.45, 7) is 1.88. The van der Waals surface area contributed by atoms with Crippen LogP contribution in [-0.2, 0) is 10.2 Å². The molecule has 1 amide bonds. The summed E-state index contributed by atoms with van der Waals surface area (Å²) in [5.74, 6) is 0.341. The summed E-state index contributed by atoms with van der Waals surface area (Å²) >= 11 is 5.93. The van der Waals surface area contributed by atoms with E-state index in [-0.39, 0.29) is 5.41 Å². The first kappa shape index (κ1) is 12.0. The Labute approximate surface area is 113 Å². The maximum Gasteiger partial charge on any atom is 0.233 e. The van der Waals surface area contributed by atoms with Crippen LogP contribution in [0.4, 0.5) is 0 Å². The van der Waals surface area contributed by atoms with Crippen molar-refractivity contribution in [2.75, 3.05) is 13.1 Å². The first-order valence-corrected chi connectivity index (χ1v) is 7.16. The Hall–Kier alpha value is -1.02. The molecule has 0 bridgehead atoms. The lowest BCUT2D eigenvalue weighted by Gasteiger charge is -2.43. The van der Waals surface area contributed by atoms with Gasteiger partial charge in [0.05, 0.1) is 5.41 Å². The highest BCUT2D eigenvalue weighted by molar-refractivity contribution is 6.30. The van der Waals surface area contributed by atoms with E-state index in [1.54, 1.807) is 0 Å². The highest BCUT2D eigenvalue weighted by atomic mass is 35.5. The lowest BCUT2D eigenvalue weighted by atomic mass is 9.63. The van der Waals surface area contributed by atoms with Gasteiger partial charge in [0.25, 0.3) is 0 Å². The van der Waals surface area contributed by atoms with Gasteiger partial charge in [0.15, 0.2) is 0 Å². The van der Waals surface area contributed by atoms with Gasteiger partial charge in [-0.1, -0.05) is 30.2 Å². The highest BCUT2D eigenvalue weighted by Crippen LogP contribution is 2.45. The van der Waals surface area contributed by atoms with Gasteiger partial charge in [-0.15, -0.1) is 0 Å². The van der Waals surface area contributed by atoms with Gasteiger partial charge >= 0.3 is 0 Å². The molecule has 1 aromatic rings. The summed E-state index contributed by atoms with van der Waals surface area (Å²) in [5, 5.41) is 0.738. The van der Waals surface area contributed by atoms with E-state index in [1.807, 2.05) is 29.2 Å². The zero-order valence-electron chi connectivity index (χ0n) is 10.5. The van der Waals surface area contributed by atoms with E-state index in [9.17, 15) is 4.79 Å². The van der Waals surface area contributed by atoms with Gasteiger partial charge in [-0.25, -0.2) is 0 Å². The van der Waals surface area contributed by atoms with Crippen LogP contribution in [-0.4, -0.2) is 23.9 Å². The summed E-state index contributed by atoms with van der Waals surface area (Å²) in [4.78, 5) is 14.8. The minimum Gasteiger partial charge on any atom is -0.342 e. The van der Waals surface area contributed by atoms with Crippen molar-refractivity contribution >= 4 is 17.5 Å². The maximum absolute atomic E-state index is 12.7. The van der Waals surface area contributed by atoms with E-state index in [2.05, 4.69) is 0 Å². The van der Waals surface area contributed by atoms with Crippen LogP contribution < -0.4 is 0 Å². The van der Waals surface area contributed by atoms with Gasteiger partial charge in [-0.3, -0.25) is 4.79 Å². The van der Waals surface area contributed by atoms with Crippen LogP contribution in [0.5, 0.6) is 0 Å². The third kappa shape index (κ3) is 1.83. The summed E-state index contributed by atoms with van der Waals surface area (Å²) < 4.78 is 0. The molecule has 2 fully saturated rings. The molecule has 0 atom stereocenters. The van der Waals surface area contributed by atoms with Crippen molar-refractivity contribution in [3.8, 4) is 0 Å². The molecular formula is C15H18ClNO. The number of hydrogen-bond acceptors (Lipinski definition) is 1. The van der Waals surface area contributed by atoms with Crippen LogP contribution in [0.3, 0.4) is 0 Å². The van der Waals surface area contributed by atoms with E-state index in [4.69, 9.17) is 11.6 Å². The summed E-state index contributed by atoms with van der Waals surface area (Å²) in [7, 11) is 0. The quantitative estimate of drug-likeness (QED) is 0.801. The van der Waals surface area contributed by atoms with Gasteiger partial charge in [0.2, 0.25) is 5.91 Å². The standard InChI is InChI=1S/C15H18ClNO/c16-13-6-4-12(5-7-13)15(8-3-9-15)14(18)17-10-1-2-11-17/h4-7H,1-3,8-11H2. The van der Waals surface area contributed by atoms with E-state index >= 15 is 0 Å². The van der Waals surface area contributed by atoms with Crippen LogP contribution in [0, 0.1) is 0 Å². The molecule has 0 radical (unpaired) electrons. The first-order valence-electron chi connectivity index (χ1n) is 6.78. The van der Waals surface area contributed by atoms with Crippen molar-refractivity contribution in [3.05, 3.63) is 34.9 Å². The predicted octanol–water partition coefficient (Wildman–Crippen LogP) is 3.38. The summed E-state index contributed by atoms with van der Waals surface area (Å²) in [6, 6.07) is 7.84. The van der Waals surface area contributed by atoms with Crippen molar-refractivity contribution in [1.82, 2.24) is 4.90 Å². The molecule has 3 rings (SSSR count). The Bertz CT molecular complexity index is 444. The molecule has 0 N–H and O–H groups in total. The number of amides is 1. The molecule has 2 aliphatic rings. The Morgan fingerprint density at radius 2 is 1.67 bits per heavy atom. The highest BCUT2D eigenvalue weighted by Gasteiger charge is 2.47. The van der Waals surface area contributed by atoms with Crippen LogP contribution in [0.15, 0.2) is 24.3 Å². The van der Waals surface area contributed by atoms with Crippen LogP contribution in [0.25, 0.3) is 0 Å². The number of carbonyl (C=O) groups excluding carboxylic acids is 1. The van der Waals surface area contributed by atoms with E-state index in [1.165, 1.54) is 0 Å². The second-order valence-electron chi connectivity index (χ2n) is 5.44. The molecule has 1 saturated carbocycles. The van der Waals surface area contributed by atoms with Crippen LogP contribution in [0.1, 0.15) is 37.7 Å². The summed E-state index contributed by atoms with van der Waals surface area (Å²) in [5.41, 5.74) is 0.907. The van der Waals surface area contributed by atoms with Crippen LogP contribution in [0.2, 0.25) is 5.02 Å². The van der Waals surface area contributed by atoms with Crippen molar-refractivity contribution in [2.24, 2.45) is 0 Å².